The molecule has 3 fully saturated rings. The fourth-order valence-corrected chi connectivity index (χ4v) is 3.41. The molecule has 0 spiro atoms. The zero-order valence-corrected chi connectivity index (χ0v) is 12.8. The van der Waals surface area contributed by atoms with Gasteiger partial charge in [0.05, 0.1) is 12.6 Å². The van der Waals surface area contributed by atoms with Gasteiger partial charge in [-0.3, -0.25) is 0 Å². The van der Waals surface area contributed by atoms with Gasteiger partial charge in [-0.25, -0.2) is 0 Å². The van der Waals surface area contributed by atoms with Gasteiger partial charge in [0, 0.05) is 0 Å². The average molecular weight is 327 g/mol. The number of fused-ring (bicyclic) bond motifs is 1. The third kappa shape index (κ3) is 2.63. The van der Waals surface area contributed by atoms with Crippen molar-refractivity contribution in [3.63, 3.8) is 0 Å². The van der Waals surface area contributed by atoms with E-state index in [0.29, 0.717) is 0 Å². The van der Waals surface area contributed by atoms with E-state index in [2.05, 4.69) is 0 Å². The van der Waals surface area contributed by atoms with Crippen LogP contribution in [-0.4, -0.2) is 65.0 Å². The van der Waals surface area contributed by atoms with Gasteiger partial charge in [-0.15, -0.1) is 0 Å². The zero-order chi connectivity index (χ0) is 16.5. The average Bonchev–Trinajstić information content (AvgIpc) is 2.85. The van der Waals surface area contributed by atoms with Crippen LogP contribution in [0.25, 0.3) is 0 Å². The molecule has 0 aromatic rings. The predicted octanol–water partition coefficient (Wildman–Crippen LogP) is 1.66. The van der Waals surface area contributed by atoms with Crippen molar-refractivity contribution in [1.82, 2.24) is 5.06 Å². The highest BCUT2D eigenvalue weighted by Gasteiger charge is 2.68. The Morgan fingerprint density at radius 1 is 1.00 bits per heavy atom. The predicted molar refractivity (Wildman–Crippen MR) is 66.0 cm³/mol. The minimum atomic E-state index is -4.65. The summed E-state index contributed by atoms with van der Waals surface area (Å²) in [5.74, 6) is -2.06. The Morgan fingerprint density at radius 2 is 1.59 bits per heavy atom. The monoisotopic (exact) mass is 327 g/mol. The molecular weight excluding hydrogens is 307 g/mol. The topological polar surface area (TPSA) is 60.4 Å². The molecule has 3 aliphatic rings. The lowest BCUT2D eigenvalue weighted by Gasteiger charge is -2.32. The van der Waals surface area contributed by atoms with Crippen LogP contribution < -0.4 is 0 Å². The summed E-state index contributed by atoms with van der Waals surface area (Å²) in [6.45, 7) is 6.50. The smallest absolute Gasteiger partial charge is 0.348 e. The Morgan fingerprint density at radius 3 is 2.09 bits per heavy atom. The van der Waals surface area contributed by atoms with Gasteiger partial charge in [0.1, 0.15) is 18.3 Å². The molecule has 1 N–H and O–H groups in total. The van der Waals surface area contributed by atoms with Crippen LogP contribution in [-0.2, 0) is 18.9 Å². The minimum absolute atomic E-state index is 0.0757. The van der Waals surface area contributed by atoms with Gasteiger partial charge in [0.25, 0.3) is 0 Å². The van der Waals surface area contributed by atoms with E-state index in [1.807, 2.05) is 0 Å². The van der Waals surface area contributed by atoms with Crippen molar-refractivity contribution in [2.75, 3.05) is 6.61 Å². The minimum Gasteiger partial charge on any atom is -0.348 e. The third-order valence-corrected chi connectivity index (χ3v) is 4.15. The zero-order valence-electron chi connectivity index (χ0n) is 12.8. The summed E-state index contributed by atoms with van der Waals surface area (Å²) in [5, 5.41) is 10.4. The second-order valence-corrected chi connectivity index (χ2v) is 6.79. The third-order valence-electron chi connectivity index (χ3n) is 4.15. The van der Waals surface area contributed by atoms with Gasteiger partial charge in [-0.05, 0) is 27.7 Å². The highest BCUT2D eigenvalue weighted by atomic mass is 19.4. The number of halogens is 3. The molecule has 0 radical (unpaired) electrons. The van der Waals surface area contributed by atoms with Gasteiger partial charge < -0.3 is 24.2 Å². The van der Waals surface area contributed by atoms with E-state index < -0.39 is 48.1 Å². The molecule has 22 heavy (non-hydrogen) atoms. The van der Waals surface area contributed by atoms with Crippen molar-refractivity contribution in [1.29, 1.82) is 0 Å². The molecule has 0 bridgehead atoms. The molecule has 9 heteroatoms. The van der Waals surface area contributed by atoms with Crippen molar-refractivity contribution < 1.29 is 37.3 Å². The van der Waals surface area contributed by atoms with E-state index in [0.717, 1.165) is 0 Å². The van der Waals surface area contributed by atoms with E-state index in [4.69, 9.17) is 18.9 Å². The van der Waals surface area contributed by atoms with Crippen LogP contribution in [0.3, 0.4) is 0 Å². The first-order valence-electron chi connectivity index (χ1n) is 7.13. The number of hydrogen-bond donors (Lipinski definition) is 1. The van der Waals surface area contributed by atoms with Gasteiger partial charge in [0.2, 0.25) is 0 Å². The summed E-state index contributed by atoms with van der Waals surface area (Å²) >= 11 is 0. The van der Waals surface area contributed by atoms with Gasteiger partial charge in [0.15, 0.2) is 17.6 Å². The van der Waals surface area contributed by atoms with E-state index in [9.17, 15) is 18.4 Å². The summed E-state index contributed by atoms with van der Waals surface area (Å²) in [7, 11) is 0. The van der Waals surface area contributed by atoms with Crippen LogP contribution in [0.2, 0.25) is 0 Å². The second kappa shape index (κ2) is 4.78. The standard InChI is InChI=1S/C13H20F3NO5/c1-11(2)19-5-6(20-11)7-8-9(22-12(3,4)21-8)10(17(7)18)13(14,15)16/h6-10,18H,5H2,1-4H3/t6-,7+,8+,9+,10+/m1/s1. The van der Waals surface area contributed by atoms with Crippen molar-refractivity contribution in [2.45, 2.75) is 75.8 Å². The molecule has 0 aromatic heterocycles. The lowest BCUT2D eigenvalue weighted by Crippen LogP contribution is -2.52. The first kappa shape index (κ1) is 16.4. The first-order chi connectivity index (χ1) is 9.91. The first-order valence-corrected chi connectivity index (χ1v) is 7.13. The maximum absolute atomic E-state index is 13.3. The SMILES string of the molecule is CC1(C)O[C@@H]2[C@H](O1)[C@@H](C(F)(F)F)N(O)[C@H]2[C@H]1COC(C)(C)O1. The largest absolute Gasteiger partial charge is 0.409 e. The van der Waals surface area contributed by atoms with Gasteiger partial charge >= 0.3 is 6.18 Å². The van der Waals surface area contributed by atoms with Crippen LogP contribution in [0.4, 0.5) is 13.2 Å². The molecule has 5 atom stereocenters. The fourth-order valence-electron chi connectivity index (χ4n) is 3.41. The summed E-state index contributed by atoms with van der Waals surface area (Å²) in [6.07, 6.45) is -7.64. The number of alkyl halides is 3. The van der Waals surface area contributed by atoms with Crippen LogP contribution in [0.5, 0.6) is 0 Å². The molecule has 6 nitrogen and oxygen atoms in total. The molecule has 128 valence electrons. The molecular formula is C13H20F3NO5. The Bertz CT molecular complexity index is 455. The number of hydrogen-bond acceptors (Lipinski definition) is 6. The lowest BCUT2D eigenvalue weighted by molar-refractivity contribution is -0.291. The highest BCUT2D eigenvalue weighted by Crippen LogP contribution is 2.47. The van der Waals surface area contributed by atoms with Crippen molar-refractivity contribution in [2.24, 2.45) is 0 Å². The summed E-state index contributed by atoms with van der Waals surface area (Å²) in [6, 6.07) is -3.17. The van der Waals surface area contributed by atoms with Crippen molar-refractivity contribution in [3.05, 3.63) is 0 Å². The Hall–Kier alpha value is -0.450. The number of ether oxygens (including phenoxy) is 4. The van der Waals surface area contributed by atoms with Crippen molar-refractivity contribution >= 4 is 0 Å². The van der Waals surface area contributed by atoms with Crippen LogP contribution >= 0.6 is 0 Å². The quantitative estimate of drug-likeness (QED) is 0.790. The van der Waals surface area contributed by atoms with Gasteiger partial charge in [-0.1, -0.05) is 0 Å². The van der Waals surface area contributed by atoms with E-state index >= 15 is 0 Å². The number of rotatable bonds is 1. The fraction of sp³-hybridized carbons (Fsp3) is 1.00. The maximum atomic E-state index is 13.3. The summed E-state index contributed by atoms with van der Waals surface area (Å²) in [4.78, 5) is 0. The van der Waals surface area contributed by atoms with Crippen LogP contribution in [0, 0.1) is 0 Å². The molecule has 0 aliphatic carbocycles. The molecule has 3 heterocycles. The van der Waals surface area contributed by atoms with E-state index in [1.54, 1.807) is 27.7 Å². The Labute approximate surface area is 126 Å². The highest BCUT2D eigenvalue weighted by molar-refractivity contribution is 5.09. The molecule has 3 aliphatic heterocycles. The summed E-state index contributed by atoms with van der Waals surface area (Å²) in [5.41, 5.74) is 0. The molecule has 3 rings (SSSR count). The maximum Gasteiger partial charge on any atom is 0.409 e. The van der Waals surface area contributed by atoms with Crippen LogP contribution in [0.15, 0.2) is 0 Å². The molecule has 0 amide bonds. The van der Waals surface area contributed by atoms with Crippen LogP contribution in [0.1, 0.15) is 27.7 Å². The Kier molecular flexibility index (Phi) is 3.56. The summed E-state index contributed by atoms with van der Waals surface area (Å²) < 4.78 is 61.9. The molecule has 3 saturated heterocycles. The second-order valence-electron chi connectivity index (χ2n) is 6.79. The molecule has 0 aromatic carbocycles. The van der Waals surface area contributed by atoms with E-state index in [-0.39, 0.29) is 11.7 Å². The molecule has 0 saturated carbocycles. The Balaban J connectivity index is 1.90. The van der Waals surface area contributed by atoms with Crippen molar-refractivity contribution in [3.8, 4) is 0 Å². The number of nitrogens with zero attached hydrogens (tertiary/aromatic N) is 1. The van der Waals surface area contributed by atoms with Gasteiger partial charge in [-0.2, -0.15) is 18.2 Å². The lowest BCUT2D eigenvalue weighted by atomic mass is 10.0. The number of hydroxylamine groups is 2. The van der Waals surface area contributed by atoms with E-state index in [1.165, 1.54) is 0 Å². The normalized spacial score (nSPS) is 44.5. The molecule has 0 unspecified atom stereocenters.